The van der Waals surface area contributed by atoms with Crippen LogP contribution in [0.1, 0.15) is 73.8 Å². The predicted octanol–water partition coefficient (Wildman–Crippen LogP) is 5.68. The monoisotopic (exact) mass is 505 g/mol. The molecule has 2 N–H and O–H groups in total. The second kappa shape index (κ2) is 12.0. The van der Waals surface area contributed by atoms with Crippen LogP contribution in [0.2, 0.25) is 0 Å². The smallest absolute Gasteiger partial charge is 0.261 e. The molecule has 0 saturated heterocycles. The highest BCUT2D eigenvalue weighted by Gasteiger charge is 2.34. The average molecular weight is 506 g/mol. The van der Waals surface area contributed by atoms with E-state index in [1.165, 1.54) is 16.2 Å². The van der Waals surface area contributed by atoms with Gasteiger partial charge in [-0.15, -0.1) is 11.3 Å². The van der Waals surface area contributed by atoms with Gasteiger partial charge in [0.1, 0.15) is 6.04 Å². The van der Waals surface area contributed by atoms with Crippen molar-refractivity contribution in [1.82, 2.24) is 10.6 Å². The van der Waals surface area contributed by atoms with E-state index in [1.807, 2.05) is 80.7 Å². The summed E-state index contributed by atoms with van der Waals surface area (Å²) in [6, 6.07) is 19.6. The van der Waals surface area contributed by atoms with Crippen molar-refractivity contribution in [1.29, 1.82) is 0 Å². The van der Waals surface area contributed by atoms with Gasteiger partial charge in [0.25, 0.3) is 5.91 Å². The first-order valence-electron chi connectivity index (χ1n) is 12.2. The molecule has 3 amide bonds. The second-order valence-corrected chi connectivity index (χ2v) is 10.8. The highest BCUT2D eigenvalue weighted by molar-refractivity contribution is 7.12. The molecule has 0 radical (unpaired) electrons. The van der Waals surface area contributed by atoms with E-state index in [2.05, 4.69) is 24.5 Å². The number of rotatable bonds is 9. The summed E-state index contributed by atoms with van der Waals surface area (Å²) in [4.78, 5) is 41.9. The van der Waals surface area contributed by atoms with Crippen LogP contribution in [0.4, 0.5) is 5.69 Å². The van der Waals surface area contributed by atoms with E-state index < -0.39 is 11.6 Å². The minimum absolute atomic E-state index is 0.240. The molecule has 0 saturated carbocycles. The maximum absolute atomic E-state index is 13.7. The molecule has 0 fully saturated rings. The van der Waals surface area contributed by atoms with Crippen LogP contribution in [0.25, 0.3) is 0 Å². The fourth-order valence-electron chi connectivity index (χ4n) is 3.86. The van der Waals surface area contributed by atoms with E-state index in [-0.39, 0.29) is 24.3 Å². The number of carbonyl (C=O) groups is 3. The van der Waals surface area contributed by atoms with Crippen molar-refractivity contribution < 1.29 is 14.4 Å². The molecule has 0 bridgehead atoms. The second-order valence-electron chi connectivity index (χ2n) is 9.88. The molecule has 0 aliphatic heterocycles. The van der Waals surface area contributed by atoms with Crippen molar-refractivity contribution in [2.24, 2.45) is 0 Å². The molecule has 3 aromatic rings. The van der Waals surface area contributed by atoms with Gasteiger partial charge in [0.15, 0.2) is 0 Å². The Morgan fingerprint density at radius 1 is 0.917 bits per heavy atom. The number of hydrogen-bond donors (Lipinski definition) is 2. The van der Waals surface area contributed by atoms with Crippen LogP contribution in [-0.2, 0) is 9.59 Å². The lowest BCUT2D eigenvalue weighted by Crippen LogP contribution is -2.51. The van der Waals surface area contributed by atoms with E-state index in [4.69, 9.17) is 0 Å². The third kappa shape index (κ3) is 7.04. The van der Waals surface area contributed by atoms with Gasteiger partial charge in [0, 0.05) is 11.2 Å². The zero-order chi connectivity index (χ0) is 26.3. The van der Waals surface area contributed by atoms with Crippen LogP contribution in [0.3, 0.4) is 0 Å². The Labute approximate surface area is 217 Å². The summed E-state index contributed by atoms with van der Waals surface area (Å²) >= 11 is 1.31. The van der Waals surface area contributed by atoms with Gasteiger partial charge in [-0.3, -0.25) is 19.3 Å². The highest BCUT2D eigenvalue weighted by atomic mass is 32.1. The summed E-state index contributed by atoms with van der Waals surface area (Å²) in [5.41, 5.74) is 1.95. The zero-order valence-electron chi connectivity index (χ0n) is 21.6. The third-order valence-electron chi connectivity index (χ3n) is 5.89. The van der Waals surface area contributed by atoms with Crippen molar-refractivity contribution >= 4 is 34.7 Å². The molecule has 0 spiro atoms. The van der Waals surface area contributed by atoms with E-state index in [1.54, 1.807) is 12.1 Å². The number of anilines is 1. The lowest BCUT2D eigenvalue weighted by Gasteiger charge is -2.34. The number of thiophene rings is 1. The summed E-state index contributed by atoms with van der Waals surface area (Å²) in [6.45, 7) is 9.76. The standard InChI is InChI=1S/C29H35N3O3S/c1-6-20(2)21-14-16-23(17-15-21)32(25(33)19-30-27(34)24-13-10-18-36-24)26(22-11-8-7-9-12-22)28(35)31-29(3,4)5/h7-18,20,26H,6,19H2,1-5H3,(H,30,34)(H,31,35)/t20-,26-/m0/s1. The minimum atomic E-state index is -0.911. The molecule has 0 aliphatic rings. The predicted molar refractivity (Wildman–Crippen MR) is 146 cm³/mol. The molecular weight excluding hydrogens is 470 g/mol. The largest absolute Gasteiger partial charge is 0.349 e. The first kappa shape index (κ1) is 27.1. The lowest BCUT2D eigenvalue weighted by atomic mass is 9.97. The zero-order valence-corrected chi connectivity index (χ0v) is 22.4. The Morgan fingerprint density at radius 3 is 2.14 bits per heavy atom. The fourth-order valence-corrected chi connectivity index (χ4v) is 4.50. The van der Waals surface area contributed by atoms with Gasteiger partial charge in [0.05, 0.1) is 11.4 Å². The van der Waals surface area contributed by atoms with E-state index >= 15 is 0 Å². The molecule has 190 valence electrons. The molecule has 0 aliphatic carbocycles. The van der Waals surface area contributed by atoms with Gasteiger partial charge in [-0.05, 0) is 67.8 Å². The summed E-state index contributed by atoms with van der Waals surface area (Å²) in [5.74, 6) is -0.616. The van der Waals surface area contributed by atoms with Gasteiger partial charge in [-0.2, -0.15) is 0 Å². The van der Waals surface area contributed by atoms with Crippen molar-refractivity contribution in [2.45, 2.75) is 58.5 Å². The number of hydrogen-bond acceptors (Lipinski definition) is 4. The molecule has 1 aromatic heterocycles. The number of nitrogens with one attached hydrogen (secondary N) is 2. The van der Waals surface area contributed by atoms with Gasteiger partial charge in [-0.1, -0.05) is 62.4 Å². The van der Waals surface area contributed by atoms with Crippen LogP contribution in [-0.4, -0.2) is 29.8 Å². The van der Waals surface area contributed by atoms with E-state index in [9.17, 15) is 14.4 Å². The van der Waals surface area contributed by atoms with Crippen LogP contribution >= 0.6 is 11.3 Å². The number of amides is 3. The highest BCUT2D eigenvalue weighted by Crippen LogP contribution is 2.30. The van der Waals surface area contributed by atoms with Gasteiger partial charge in [0.2, 0.25) is 11.8 Å². The third-order valence-corrected chi connectivity index (χ3v) is 6.76. The number of benzene rings is 2. The Morgan fingerprint density at radius 2 is 1.58 bits per heavy atom. The van der Waals surface area contributed by atoms with Gasteiger partial charge in [-0.25, -0.2) is 0 Å². The molecule has 36 heavy (non-hydrogen) atoms. The molecule has 1 heterocycles. The Hall–Kier alpha value is -3.45. The Balaban J connectivity index is 2.01. The number of carbonyl (C=O) groups excluding carboxylic acids is 3. The minimum Gasteiger partial charge on any atom is -0.349 e. The fraction of sp³-hybridized carbons (Fsp3) is 0.345. The molecular formula is C29H35N3O3S. The van der Waals surface area contributed by atoms with Crippen LogP contribution in [0.5, 0.6) is 0 Å². The first-order valence-corrected chi connectivity index (χ1v) is 13.1. The summed E-state index contributed by atoms with van der Waals surface area (Å²) in [5, 5.41) is 7.56. The van der Waals surface area contributed by atoms with E-state index in [0.717, 1.165) is 12.0 Å². The lowest BCUT2D eigenvalue weighted by molar-refractivity contribution is -0.127. The SMILES string of the molecule is CC[C@H](C)c1ccc(N(C(=O)CNC(=O)c2cccs2)[C@H](C(=O)NC(C)(C)C)c2ccccc2)cc1. The van der Waals surface area contributed by atoms with Crippen LogP contribution in [0, 0.1) is 0 Å². The summed E-state index contributed by atoms with van der Waals surface area (Å²) < 4.78 is 0. The van der Waals surface area contributed by atoms with Crippen molar-refractivity contribution in [3.8, 4) is 0 Å². The molecule has 2 atom stereocenters. The van der Waals surface area contributed by atoms with Crippen molar-refractivity contribution in [2.75, 3.05) is 11.4 Å². The molecule has 6 nitrogen and oxygen atoms in total. The maximum atomic E-state index is 13.7. The van der Waals surface area contributed by atoms with Crippen LogP contribution < -0.4 is 15.5 Å². The van der Waals surface area contributed by atoms with E-state index in [0.29, 0.717) is 22.0 Å². The quantitative estimate of drug-likeness (QED) is 0.393. The van der Waals surface area contributed by atoms with Crippen molar-refractivity contribution in [3.05, 3.63) is 88.1 Å². The first-order chi connectivity index (χ1) is 17.1. The van der Waals surface area contributed by atoms with Crippen LogP contribution in [0.15, 0.2) is 72.1 Å². The maximum Gasteiger partial charge on any atom is 0.261 e. The van der Waals surface area contributed by atoms with Crippen molar-refractivity contribution in [3.63, 3.8) is 0 Å². The molecule has 3 rings (SSSR count). The number of nitrogens with zero attached hydrogens (tertiary/aromatic N) is 1. The molecule has 0 unspecified atom stereocenters. The molecule has 7 heteroatoms. The van der Waals surface area contributed by atoms with Gasteiger partial charge < -0.3 is 10.6 Å². The Bertz CT molecular complexity index is 1150. The van der Waals surface area contributed by atoms with Gasteiger partial charge >= 0.3 is 0 Å². The average Bonchev–Trinajstić information content (AvgIpc) is 3.40. The summed E-state index contributed by atoms with van der Waals surface area (Å²) in [6.07, 6.45) is 0.997. The normalized spacial score (nSPS) is 12.9. The summed E-state index contributed by atoms with van der Waals surface area (Å²) in [7, 11) is 0. The molecule has 2 aromatic carbocycles. The topological polar surface area (TPSA) is 78.5 Å². The Kier molecular flexibility index (Phi) is 9.04.